The van der Waals surface area contributed by atoms with Gasteiger partial charge in [0.1, 0.15) is 11.5 Å². The summed E-state index contributed by atoms with van der Waals surface area (Å²) in [5.41, 5.74) is 6.02. The first kappa shape index (κ1) is 13.3. The second kappa shape index (κ2) is 6.08. The normalized spacial score (nSPS) is 11.9. The van der Waals surface area contributed by atoms with Gasteiger partial charge in [0.2, 0.25) is 0 Å². The second-order valence-corrected chi connectivity index (χ2v) is 4.15. The monoisotopic (exact) mass is 236 g/mol. The van der Waals surface area contributed by atoms with Crippen molar-refractivity contribution in [2.75, 3.05) is 11.4 Å². The van der Waals surface area contributed by atoms with Crippen molar-refractivity contribution in [2.24, 2.45) is 10.9 Å². The predicted molar refractivity (Wildman–Crippen MR) is 69.5 cm³/mol. The van der Waals surface area contributed by atoms with Gasteiger partial charge in [-0.15, -0.1) is 0 Å². The van der Waals surface area contributed by atoms with E-state index < -0.39 is 0 Å². The number of rotatable bonds is 5. The van der Waals surface area contributed by atoms with Crippen molar-refractivity contribution in [3.05, 3.63) is 23.9 Å². The molecule has 17 heavy (non-hydrogen) atoms. The summed E-state index contributed by atoms with van der Waals surface area (Å²) in [5, 5.41) is 11.6. The molecule has 94 valence electrons. The maximum absolute atomic E-state index is 8.64. The van der Waals surface area contributed by atoms with E-state index in [2.05, 4.69) is 35.8 Å². The summed E-state index contributed by atoms with van der Waals surface area (Å²) < 4.78 is 0. The Hall–Kier alpha value is -1.78. The fourth-order valence-electron chi connectivity index (χ4n) is 1.66. The summed E-state index contributed by atoms with van der Waals surface area (Å²) in [5.74, 6) is 0.887. The molecule has 1 aromatic heterocycles. The van der Waals surface area contributed by atoms with Crippen LogP contribution in [0.4, 0.5) is 5.82 Å². The zero-order valence-corrected chi connectivity index (χ0v) is 10.6. The minimum absolute atomic E-state index is 0.0343. The highest BCUT2D eigenvalue weighted by atomic mass is 16.4. The highest BCUT2D eigenvalue weighted by Crippen LogP contribution is 2.15. The molecule has 1 rings (SSSR count). The Balaban J connectivity index is 3.04. The lowest BCUT2D eigenvalue weighted by Crippen LogP contribution is -2.32. The number of hydrogen-bond acceptors (Lipinski definition) is 4. The summed E-state index contributed by atoms with van der Waals surface area (Å²) in [7, 11) is 0. The number of pyridine rings is 1. The molecule has 0 unspecified atom stereocenters. The van der Waals surface area contributed by atoms with E-state index in [-0.39, 0.29) is 5.84 Å². The molecule has 0 spiro atoms. The van der Waals surface area contributed by atoms with Crippen LogP contribution in [0.2, 0.25) is 0 Å². The molecular formula is C12H20N4O. The minimum Gasteiger partial charge on any atom is -0.409 e. The molecule has 0 fully saturated rings. The average Bonchev–Trinajstić information content (AvgIpc) is 2.34. The van der Waals surface area contributed by atoms with Crippen LogP contribution >= 0.6 is 0 Å². The van der Waals surface area contributed by atoms with Crippen LogP contribution < -0.4 is 10.6 Å². The summed E-state index contributed by atoms with van der Waals surface area (Å²) in [6.45, 7) is 7.30. The van der Waals surface area contributed by atoms with Gasteiger partial charge in [-0.05, 0) is 32.4 Å². The molecule has 0 saturated carbocycles. The largest absolute Gasteiger partial charge is 0.409 e. The van der Waals surface area contributed by atoms with Gasteiger partial charge in [0.15, 0.2) is 5.84 Å². The molecular weight excluding hydrogens is 216 g/mol. The molecule has 0 amide bonds. The van der Waals surface area contributed by atoms with E-state index in [4.69, 9.17) is 10.9 Å². The molecule has 1 heterocycles. The Kier molecular flexibility index (Phi) is 4.75. The summed E-state index contributed by atoms with van der Waals surface area (Å²) >= 11 is 0. The minimum atomic E-state index is 0.0343. The van der Waals surface area contributed by atoms with Crippen LogP contribution in [0.1, 0.15) is 32.9 Å². The topological polar surface area (TPSA) is 74.7 Å². The van der Waals surface area contributed by atoms with Crippen molar-refractivity contribution in [1.29, 1.82) is 0 Å². The molecule has 0 aromatic carbocycles. The Bertz CT molecular complexity index is 390. The molecule has 0 radical (unpaired) electrons. The van der Waals surface area contributed by atoms with E-state index >= 15 is 0 Å². The van der Waals surface area contributed by atoms with Gasteiger partial charge in [-0.25, -0.2) is 4.98 Å². The van der Waals surface area contributed by atoms with Gasteiger partial charge in [-0.2, -0.15) is 0 Å². The van der Waals surface area contributed by atoms with Crippen molar-refractivity contribution < 1.29 is 5.21 Å². The molecule has 5 heteroatoms. The van der Waals surface area contributed by atoms with E-state index in [1.807, 2.05) is 12.1 Å². The fraction of sp³-hybridized carbons (Fsp3) is 0.500. The van der Waals surface area contributed by atoms with E-state index in [1.54, 1.807) is 6.07 Å². The third-order valence-electron chi connectivity index (χ3n) is 2.49. The summed E-state index contributed by atoms with van der Waals surface area (Å²) in [6, 6.07) is 5.89. The predicted octanol–water partition coefficient (Wildman–Crippen LogP) is 1.80. The number of nitrogens with zero attached hydrogens (tertiary/aromatic N) is 3. The lowest BCUT2D eigenvalue weighted by Gasteiger charge is -2.27. The maximum Gasteiger partial charge on any atom is 0.188 e. The number of hydrogen-bond donors (Lipinski definition) is 2. The number of amidine groups is 1. The third-order valence-corrected chi connectivity index (χ3v) is 2.49. The average molecular weight is 236 g/mol. The van der Waals surface area contributed by atoms with Crippen LogP contribution in [0.3, 0.4) is 0 Å². The van der Waals surface area contributed by atoms with Crippen molar-refractivity contribution in [3.63, 3.8) is 0 Å². The van der Waals surface area contributed by atoms with E-state index in [9.17, 15) is 0 Å². The van der Waals surface area contributed by atoms with Gasteiger partial charge in [0.25, 0.3) is 0 Å². The molecule has 0 bridgehead atoms. The quantitative estimate of drug-likeness (QED) is 0.354. The van der Waals surface area contributed by atoms with Crippen molar-refractivity contribution >= 4 is 11.7 Å². The second-order valence-electron chi connectivity index (χ2n) is 4.15. The SMILES string of the molecule is CCCN(c1cccc(C(N)=NO)n1)C(C)C. The number of anilines is 1. The van der Waals surface area contributed by atoms with Gasteiger partial charge in [0, 0.05) is 12.6 Å². The summed E-state index contributed by atoms with van der Waals surface area (Å²) in [6.07, 6.45) is 1.05. The maximum atomic E-state index is 8.64. The smallest absolute Gasteiger partial charge is 0.188 e. The van der Waals surface area contributed by atoms with Crippen LogP contribution in [0.5, 0.6) is 0 Å². The van der Waals surface area contributed by atoms with E-state index in [0.717, 1.165) is 18.8 Å². The molecule has 0 aliphatic carbocycles. The van der Waals surface area contributed by atoms with Crippen molar-refractivity contribution in [1.82, 2.24) is 4.98 Å². The third kappa shape index (κ3) is 3.34. The number of nitrogens with two attached hydrogens (primary N) is 1. The van der Waals surface area contributed by atoms with Gasteiger partial charge >= 0.3 is 0 Å². The molecule has 0 aliphatic rings. The lowest BCUT2D eigenvalue weighted by molar-refractivity contribution is 0.318. The Labute approximate surface area is 102 Å². The zero-order valence-electron chi connectivity index (χ0n) is 10.6. The number of aromatic nitrogens is 1. The van der Waals surface area contributed by atoms with Crippen molar-refractivity contribution in [3.8, 4) is 0 Å². The zero-order chi connectivity index (χ0) is 12.8. The molecule has 0 saturated heterocycles. The van der Waals surface area contributed by atoms with Gasteiger partial charge in [0.05, 0.1) is 0 Å². The van der Waals surface area contributed by atoms with Crippen LogP contribution in [0.15, 0.2) is 23.4 Å². The van der Waals surface area contributed by atoms with Crippen LogP contribution in [-0.4, -0.2) is 28.6 Å². The molecule has 0 aliphatic heterocycles. The molecule has 5 nitrogen and oxygen atoms in total. The van der Waals surface area contributed by atoms with Gasteiger partial charge in [-0.1, -0.05) is 18.1 Å². The first-order valence-electron chi connectivity index (χ1n) is 5.81. The van der Waals surface area contributed by atoms with Crippen molar-refractivity contribution in [2.45, 2.75) is 33.2 Å². The Morgan fingerprint density at radius 3 is 2.76 bits per heavy atom. The van der Waals surface area contributed by atoms with Crippen LogP contribution in [-0.2, 0) is 0 Å². The standard InChI is InChI=1S/C12H20N4O/c1-4-8-16(9(2)3)11-7-5-6-10(14-11)12(13)15-17/h5-7,9,17H,4,8H2,1-3H3,(H2,13,15). The molecule has 3 N–H and O–H groups in total. The van der Waals surface area contributed by atoms with E-state index in [0.29, 0.717) is 11.7 Å². The Morgan fingerprint density at radius 2 is 2.24 bits per heavy atom. The van der Waals surface area contributed by atoms with Gasteiger partial charge < -0.3 is 15.8 Å². The summed E-state index contributed by atoms with van der Waals surface area (Å²) in [4.78, 5) is 6.58. The molecule has 1 aromatic rings. The van der Waals surface area contributed by atoms with Gasteiger partial charge in [-0.3, -0.25) is 0 Å². The molecule has 0 atom stereocenters. The van der Waals surface area contributed by atoms with E-state index in [1.165, 1.54) is 0 Å². The first-order chi connectivity index (χ1) is 8.10. The first-order valence-corrected chi connectivity index (χ1v) is 5.81. The Morgan fingerprint density at radius 1 is 1.53 bits per heavy atom. The number of oxime groups is 1. The highest BCUT2D eigenvalue weighted by molar-refractivity contribution is 5.95. The van der Waals surface area contributed by atoms with Crippen LogP contribution in [0, 0.1) is 0 Å². The highest BCUT2D eigenvalue weighted by Gasteiger charge is 2.12. The van der Waals surface area contributed by atoms with Crippen LogP contribution in [0.25, 0.3) is 0 Å². The fourth-order valence-corrected chi connectivity index (χ4v) is 1.66. The lowest BCUT2D eigenvalue weighted by atomic mass is 10.2.